The van der Waals surface area contributed by atoms with Gasteiger partial charge in [0.1, 0.15) is 6.61 Å². The van der Waals surface area contributed by atoms with E-state index in [4.69, 9.17) is 9.47 Å². The van der Waals surface area contributed by atoms with Crippen LogP contribution in [0.1, 0.15) is 11.1 Å². The summed E-state index contributed by atoms with van der Waals surface area (Å²) in [5, 5.41) is 6.38. The summed E-state index contributed by atoms with van der Waals surface area (Å²) in [6.45, 7) is 5.48. The molecule has 0 aliphatic carbocycles. The minimum absolute atomic E-state index is 0. The first-order valence-electron chi connectivity index (χ1n) is 8.16. The second kappa shape index (κ2) is 12.2. The van der Waals surface area contributed by atoms with Crippen molar-refractivity contribution in [2.45, 2.75) is 13.2 Å². The Labute approximate surface area is 172 Å². The van der Waals surface area contributed by atoms with E-state index < -0.39 is 0 Å². The number of halogens is 1. The molecule has 0 amide bonds. The molecule has 0 aliphatic rings. The van der Waals surface area contributed by atoms with Gasteiger partial charge >= 0.3 is 0 Å². The first-order chi connectivity index (χ1) is 12.3. The van der Waals surface area contributed by atoms with Crippen molar-refractivity contribution in [3.63, 3.8) is 0 Å². The number of ether oxygens (including phenoxy) is 2. The summed E-state index contributed by atoms with van der Waals surface area (Å²) in [5.41, 5.74) is 2.19. The molecule has 0 heterocycles. The molecule has 0 fully saturated rings. The van der Waals surface area contributed by atoms with Gasteiger partial charge in [-0.3, -0.25) is 4.99 Å². The Morgan fingerprint density at radius 3 is 2.50 bits per heavy atom. The number of guanidine groups is 1. The zero-order valence-electron chi connectivity index (χ0n) is 15.2. The molecule has 6 heteroatoms. The SMILES string of the molecule is C=CCNC(=NC)NCc1ccc(OCc2ccccc2)c(OC)c1.I. The van der Waals surface area contributed by atoms with Crippen LogP contribution in [0, 0.1) is 0 Å². The van der Waals surface area contributed by atoms with E-state index >= 15 is 0 Å². The van der Waals surface area contributed by atoms with E-state index in [0.29, 0.717) is 25.4 Å². The lowest BCUT2D eigenvalue weighted by Crippen LogP contribution is -2.36. The lowest BCUT2D eigenvalue weighted by atomic mass is 10.2. The van der Waals surface area contributed by atoms with Gasteiger partial charge in [0.25, 0.3) is 0 Å². The topological polar surface area (TPSA) is 54.9 Å². The van der Waals surface area contributed by atoms with Gasteiger partial charge in [-0.15, -0.1) is 30.6 Å². The standard InChI is InChI=1S/C20H25N3O2.HI/c1-4-12-22-20(21-2)23-14-17-10-11-18(19(13-17)24-3)25-15-16-8-6-5-7-9-16;/h4-11,13H,1,12,14-15H2,2-3H3,(H2,21,22,23);1H. The molecule has 140 valence electrons. The maximum atomic E-state index is 5.88. The Hall–Kier alpha value is -2.22. The highest BCUT2D eigenvalue weighted by atomic mass is 127. The van der Waals surface area contributed by atoms with Gasteiger partial charge in [-0.05, 0) is 23.3 Å². The zero-order valence-corrected chi connectivity index (χ0v) is 17.5. The van der Waals surface area contributed by atoms with E-state index in [1.54, 1.807) is 20.2 Å². The molecule has 0 bridgehead atoms. The summed E-state index contributed by atoms with van der Waals surface area (Å²) in [4.78, 5) is 4.15. The molecule has 2 aromatic carbocycles. The molecule has 5 nitrogen and oxygen atoms in total. The minimum Gasteiger partial charge on any atom is -0.493 e. The number of nitrogens with one attached hydrogen (secondary N) is 2. The van der Waals surface area contributed by atoms with Gasteiger partial charge in [0.05, 0.1) is 7.11 Å². The second-order valence-electron chi connectivity index (χ2n) is 5.35. The first-order valence-corrected chi connectivity index (χ1v) is 8.16. The van der Waals surface area contributed by atoms with Crippen molar-refractivity contribution in [2.75, 3.05) is 20.7 Å². The van der Waals surface area contributed by atoms with Crippen LogP contribution in [0.4, 0.5) is 0 Å². The third-order valence-electron chi connectivity index (χ3n) is 3.56. The molecule has 0 aromatic heterocycles. The highest BCUT2D eigenvalue weighted by Gasteiger charge is 2.07. The van der Waals surface area contributed by atoms with Crippen molar-refractivity contribution in [2.24, 2.45) is 4.99 Å². The van der Waals surface area contributed by atoms with Gasteiger partial charge in [-0.1, -0.05) is 42.5 Å². The number of methoxy groups -OCH3 is 1. The molecule has 2 rings (SSSR count). The maximum absolute atomic E-state index is 5.88. The van der Waals surface area contributed by atoms with Crippen LogP contribution in [0.15, 0.2) is 66.2 Å². The lowest BCUT2D eigenvalue weighted by Gasteiger charge is -2.14. The van der Waals surface area contributed by atoms with Crippen LogP contribution in [0.2, 0.25) is 0 Å². The third kappa shape index (κ3) is 6.95. The molecule has 0 atom stereocenters. The number of hydrogen-bond donors (Lipinski definition) is 2. The number of aliphatic imine (C=N–C) groups is 1. The average molecular weight is 467 g/mol. The van der Waals surface area contributed by atoms with Gasteiger partial charge in [0, 0.05) is 20.1 Å². The van der Waals surface area contributed by atoms with Crippen LogP contribution in [0.3, 0.4) is 0 Å². The van der Waals surface area contributed by atoms with Crippen LogP contribution < -0.4 is 20.1 Å². The summed E-state index contributed by atoms with van der Waals surface area (Å²) in [7, 11) is 3.38. The van der Waals surface area contributed by atoms with Gasteiger partial charge < -0.3 is 20.1 Å². The van der Waals surface area contributed by atoms with Crippen molar-refractivity contribution in [1.82, 2.24) is 10.6 Å². The molecule has 2 N–H and O–H groups in total. The van der Waals surface area contributed by atoms with E-state index in [9.17, 15) is 0 Å². The van der Waals surface area contributed by atoms with E-state index in [-0.39, 0.29) is 24.0 Å². The monoisotopic (exact) mass is 467 g/mol. The Balaban J connectivity index is 0.00000338. The summed E-state index contributed by atoms with van der Waals surface area (Å²) < 4.78 is 11.3. The molecular formula is C20H26IN3O2. The Bertz CT molecular complexity index is 705. The highest BCUT2D eigenvalue weighted by molar-refractivity contribution is 14.0. The Morgan fingerprint density at radius 1 is 1.08 bits per heavy atom. The molecular weight excluding hydrogens is 441 g/mol. The van der Waals surface area contributed by atoms with Crippen molar-refractivity contribution in [1.29, 1.82) is 0 Å². The van der Waals surface area contributed by atoms with E-state index in [1.165, 1.54) is 0 Å². The normalized spacial score (nSPS) is 10.5. The predicted octanol–water partition coefficient (Wildman–Crippen LogP) is 3.74. The van der Waals surface area contributed by atoms with Gasteiger partial charge in [-0.25, -0.2) is 0 Å². The molecule has 0 spiro atoms. The minimum atomic E-state index is 0. The van der Waals surface area contributed by atoms with Crippen LogP contribution in [-0.4, -0.2) is 26.7 Å². The highest BCUT2D eigenvalue weighted by Crippen LogP contribution is 2.28. The summed E-state index contributed by atoms with van der Waals surface area (Å²) in [5.74, 6) is 2.16. The molecule has 0 aliphatic heterocycles. The molecule has 26 heavy (non-hydrogen) atoms. The number of rotatable bonds is 8. The van der Waals surface area contributed by atoms with Crippen molar-refractivity contribution in [3.8, 4) is 11.5 Å². The average Bonchev–Trinajstić information content (AvgIpc) is 2.67. The fourth-order valence-corrected chi connectivity index (χ4v) is 2.25. The molecule has 0 radical (unpaired) electrons. The fraction of sp³-hybridized carbons (Fsp3) is 0.250. The maximum Gasteiger partial charge on any atom is 0.191 e. The van der Waals surface area contributed by atoms with Crippen LogP contribution in [-0.2, 0) is 13.2 Å². The number of hydrogen-bond acceptors (Lipinski definition) is 3. The van der Waals surface area contributed by atoms with E-state index in [0.717, 1.165) is 22.8 Å². The van der Waals surface area contributed by atoms with Crippen LogP contribution in [0.5, 0.6) is 11.5 Å². The fourth-order valence-electron chi connectivity index (χ4n) is 2.25. The van der Waals surface area contributed by atoms with Gasteiger partial charge in [0.2, 0.25) is 0 Å². The molecule has 2 aromatic rings. The van der Waals surface area contributed by atoms with E-state index in [2.05, 4.69) is 22.2 Å². The van der Waals surface area contributed by atoms with Crippen molar-refractivity contribution < 1.29 is 9.47 Å². The Kier molecular flexibility index (Phi) is 10.2. The van der Waals surface area contributed by atoms with E-state index in [1.807, 2.05) is 48.5 Å². The molecule has 0 saturated heterocycles. The Morgan fingerprint density at radius 2 is 1.85 bits per heavy atom. The number of benzene rings is 2. The summed E-state index contributed by atoms with van der Waals surface area (Å²) in [6, 6.07) is 16.0. The van der Waals surface area contributed by atoms with Crippen molar-refractivity contribution in [3.05, 3.63) is 72.3 Å². The van der Waals surface area contributed by atoms with Gasteiger partial charge in [0.15, 0.2) is 17.5 Å². The zero-order chi connectivity index (χ0) is 17.9. The first kappa shape index (κ1) is 21.8. The number of nitrogens with zero attached hydrogens (tertiary/aromatic N) is 1. The second-order valence-corrected chi connectivity index (χ2v) is 5.35. The summed E-state index contributed by atoms with van der Waals surface area (Å²) >= 11 is 0. The third-order valence-corrected chi connectivity index (χ3v) is 3.56. The quantitative estimate of drug-likeness (QED) is 0.269. The van der Waals surface area contributed by atoms with Crippen molar-refractivity contribution >= 4 is 29.9 Å². The van der Waals surface area contributed by atoms with Crippen LogP contribution >= 0.6 is 24.0 Å². The molecule has 0 unspecified atom stereocenters. The summed E-state index contributed by atoms with van der Waals surface area (Å²) in [6.07, 6.45) is 1.79. The molecule has 0 saturated carbocycles. The lowest BCUT2D eigenvalue weighted by molar-refractivity contribution is 0.284. The van der Waals surface area contributed by atoms with Crippen LogP contribution in [0.25, 0.3) is 0 Å². The predicted molar refractivity (Wildman–Crippen MR) is 118 cm³/mol. The smallest absolute Gasteiger partial charge is 0.191 e. The largest absolute Gasteiger partial charge is 0.493 e. The van der Waals surface area contributed by atoms with Gasteiger partial charge in [-0.2, -0.15) is 0 Å².